The number of rotatable bonds is 3. The third-order valence-electron chi connectivity index (χ3n) is 4.84. The summed E-state index contributed by atoms with van der Waals surface area (Å²) in [4.78, 5) is 26.1. The van der Waals surface area contributed by atoms with Crippen molar-refractivity contribution in [3.63, 3.8) is 0 Å². The first-order valence-corrected chi connectivity index (χ1v) is 9.49. The van der Waals surface area contributed by atoms with Gasteiger partial charge in [0.2, 0.25) is 5.91 Å². The molecule has 3 aliphatic rings. The molecule has 0 aromatic heterocycles. The third-order valence-corrected chi connectivity index (χ3v) is 6.56. The van der Waals surface area contributed by atoms with E-state index in [1.165, 1.54) is 0 Å². The van der Waals surface area contributed by atoms with Gasteiger partial charge in [-0.3, -0.25) is 4.79 Å². The second-order valence-electron chi connectivity index (χ2n) is 6.54. The predicted octanol–water partition coefficient (Wildman–Crippen LogP) is 2.70. The first-order valence-electron chi connectivity index (χ1n) is 8.12. The molecule has 1 aromatic carbocycles. The van der Waals surface area contributed by atoms with Crippen molar-refractivity contribution >= 4 is 35.2 Å². The van der Waals surface area contributed by atoms with Crippen molar-refractivity contribution in [2.75, 3.05) is 12.5 Å². The van der Waals surface area contributed by atoms with Gasteiger partial charge in [0.25, 0.3) is 0 Å². The fourth-order valence-electron chi connectivity index (χ4n) is 3.60. The first kappa shape index (κ1) is 17.0. The topological polar surface area (TPSA) is 65.1 Å². The van der Waals surface area contributed by atoms with Gasteiger partial charge in [-0.05, 0) is 25.5 Å². The van der Waals surface area contributed by atoms with Crippen LogP contribution in [-0.4, -0.2) is 40.2 Å². The molecule has 3 aliphatic heterocycles. The Hall–Kier alpha value is -1.44. The first-order chi connectivity index (χ1) is 12.0. The molecular weight excluding hydrogens is 366 g/mol. The summed E-state index contributed by atoms with van der Waals surface area (Å²) in [7, 11) is 0. The van der Waals surface area contributed by atoms with Crippen LogP contribution in [0.1, 0.15) is 30.9 Å². The average Bonchev–Trinajstić information content (AvgIpc) is 3.08. The van der Waals surface area contributed by atoms with Gasteiger partial charge in [0.1, 0.15) is 18.4 Å². The predicted molar refractivity (Wildman–Crippen MR) is 92.3 cm³/mol. The average molecular weight is 384 g/mol. The van der Waals surface area contributed by atoms with Crippen molar-refractivity contribution in [1.29, 1.82) is 0 Å². The summed E-state index contributed by atoms with van der Waals surface area (Å²) < 4.78 is 16.3. The van der Waals surface area contributed by atoms with Crippen molar-refractivity contribution < 1.29 is 23.8 Å². The highest BCUT2D eigenvalue weighted by Crippen LogP contribution is 2.47. The Bertz CT molecular complexity index is 742. The monoisotopic (exact) mass is 383 g/mol. The van der Waals surface area contributed by atoms with Crippen molar-refractivity contribution in [3.05, 3.63) is 28.3 Å². The zero-order chi connectivity index (χ0) is 17.6. The van der Waals surface area contributed by atoms with Gasteiger partial charge in [-0.1, -0.05) is 11.6 Å². The second-order valence-corrected chi connectivity index (χ2v) is 8.48. The molecule has 4 rings (SSSR count). The number of hydrogen-bond acceptors (Lipinski definition) is 6. The van der Waals surface area contributed by atoms with Crippen molar-refractivity contribution in [1.82, 2.24) is 4.90 Å². The number of thioether (sulfide) groups is 1. The summed E-state index contributed by atoms with van der Waals surface area (Å²) in [5, 5.41) is 0.539. The number of benzene rings is 1. The van der Waals surface area contributed by atoms with Crippen LogP contribution in [0.3, 0.4) is 0 Å². The second kappa shape index (κ2) is 6.37. The molecule has 8 heteroatoms. The van der Waals surface area contributed by atoms with E-state index in [0.29, 0.717) is 35.1 Å². The number of ether oxygens (including phenoxy) is 3. The number of carbonyl (C=O) groups excluding carboxylic acids is 2. The molecule has 2 fully saturated rings. The summed E-state index contributed by atoms with van der Waals surface area (Å²) >= 11 is 7.77. The van der Waals surface area contributed by atoms with Crippen molar-refractivity contribution in [2.24, 2.45) is 0 Å². The molecule has 134 valence electrons. The Morgan fingerprint density at radius 3 is 3.20 bits per heavy atom. The number of fused-ring (bicyclic) bond motifs is 2. The van der Waals surface area contributed by atoms with E-state index >= 15 is 0 Å². The highest BCUT2D eigenvalue weighted by atomic mass is 35.5. The maximum absolute atomic E-state index is 12.6. The molecule has 0 spiro atoms. The lowest BCUT2D eigenvalue weighted by molar-refractivity contribution is -0.154. The molecule has 0 N–H and O–H groups in total. The molecule has 25 heavy (non-hydrogen) atoms. The summed E-state index contributed by atoms with van der Waals surface area (Å²) in [6.07, 6.45) is 1.26. The fraction of sp³-hybridized carbons (Fsp3) is 0.529. The van der Waals surface area contributed by atoms with Gasteiger partial charge in [-0.25, -0.2) is 4.79 Å². The zero-order valence-corrected chi connectivity index (χ0v) is 15.3. The van der Waals surface area contributed by atoms with E-state index in [1.807, 2.05) is 6.92 Å². The maximum Gasteiger partial charge on any atom is 0.330 e. The lowest BCUT2D eigenvalue weighted by Gasteiger charge is -2.29. The molecule has 0 radical (unpaired) electrons. The van der Waals surface area contributed by atoms with Crippen LogP contribution >= 0.6 is 23.4 Å². The number of amides is 1. The molecule has 2 saturated heterocycles. The number of carbonyl (C=O) groups is 2. The Morgan fingerprint density at radius 1 is 1.52 bits per heavy atom. The minimum Gasteiger partial charge on any atom is -0.467 e. The summed E-state index contributed by atoms with van der Waals surface area (Å²) in [5.41, 5.74) is 1.55. The summed E-state index contributed by atoms with van der Waals surface area (Å²) in [6.45, 7) is 2.64. The Balaban J connectivity index is 1.48. The van der Waals surface area contributed by atoms with Gasteiger partial charge in [0.05, 0.1) is 11.5 Å². The molecule has 6 nitrogen and oxygen atoms in total. The number of nitrogens with zero attached hydrogens (tertiary/aromatic N) is 1. The van der Waals surface area contributed by atoms with Gasteiger partial charge in [0.15, 0.2) is 6.79 Å². The lowest BCUT2D eigenvalue weighted by Crippen LogP contribution is -2.46. The van der Waals surface area contributed by atoms with Crippen LogP contribution in [0.5, 0.6) is 5.75 Å². The van der Waals surface area contributed by atoms with Crippen LogP contribution in [-0.2, 0) is 32.3 Å². The summed E-state index contributed by atoms with van der Waals surface area (Å²) in [6, 6.07) is 2.99. The Labute approximate surface area is 154 Å². The Morgan fingerprint density at radius 2 is 2.36 bits per heavy atom. The van der Waals surface area contributed by atoms with E-state index in [2.05, 4.69) is 0 Å². The van der Waals surface area contributed by atoms with Crippen LogP contribution in [0.4, 0.5) is 0 Å². The zero-order valence-electron chi connectivity index (χ0n) is 13.7. The van der Waals surface area contributed by atoms with Gasteiger partial charge in [-0.15, -0.1) is 11.8 Å². The highest BCUT2D eigenvalue weighted by molar-refractivity contribution is 8.01. The quantitative estimate of drug-likeness (QED) is 0.748. The minimum absolute atomic E-state index is 0.0232. The summed E-state index contributed by atoms with van der Waals surface area (Å²) in [5.74, 6) is 0.868. The van der Waals surface area contributed by atoms with E-state index in [-0.39, 0.29) is 30.1 Å². The standard InChI is InChI=1S/C17H18ClNO5S/c1-17-3-2-14(20)19(17)13(8-25-17)16(21)23-7-11-5-12(18)4-10-6-22-9-24-15(10)11/h4-5,13H,2-3,6-9H2,1H3. The smallest absolute Gasteiger partial charge is 0.330 e. The number of esters is 1. The van der Waals surface area contributed by atoms with E-state index in [9.17, 15) is 9.59 Å². The van der Waals surface area contributed by atoms with Gasteiger partial charge < -0.3 is 19.1 Å². The van der Waals surface area contributed by atoms with Gasteiger partial charge in [0, 0.05) is 28.3 Å². The van der Waals surface area contributed by atoms with Crippen molar-refractivity contribution in [2.45, 2.75) is 43.9 Å². The van der Waals surface area contributed by atoms with E-state index in [1.54, 1.807) is 28.8 Å². The lowest BCUT2D eigenvalue weighted by atomic mass is 10.1. The van der Waals surface area contributed by atoms with Crippen LogP contribution in [0.25, 0.3) is 0 Å². The van der Waals surface area contributed by atoms with E-state index < -0.39 is 6.04 Å². The number of hydrogen-bond donors (Lipinski definition) is 0. The highest BCUT2D eigenvalue weighted by Gasteiger charge is 2.53. The molecular formula is C17H18ClNO5S. The molecule has 0 saturated carbocycles. The van der Waals surface area contributed by atoms with Crippen molar-refractivity contribution in [3.8, 4) is 5.75 Å². The van der Waals surface area contributed by atoms with Gasteiger partial charge >= 0.3 is 5.97 Å². The Kier molecular flexibility index (Phi) is 4.33. The normalized spacial score (nSPS) is 27.7. The van der Waals surface area contributed by atoms with Crippen LogP contribution in [0.15, 0.2) is 12.1 Å². The number of halogens is 1. The van der Waals surface area contributed by atoms with E-state index in [0.717, 1.165) is 12.0 Å². The molecule has 0 bridgehead atoms. The van der Waals surface area contributed by atoms with E-state index in [4.69, 9.17) is 25.8 Å². The van der Waals surface area contributed by atoms with Gasteiger partial charge in [-0.2, -0.15) is 0 Å². The molecule has 2 atom stereocenters. The van der Waals surface area contributed by atoms with Crippen LogP contribution in [0, 0.1) is 0 Å². The molecule has 0 aliphatic carbocycles. The molecule has 1 aromatic rings. The minimum atomic E-state index is -0.524. The largest absolute Gasteiger partial charge is 0.467 e. The molecule has 2 unspecified atom stereocenters. The molecule has 1 amide bonds. The SMILES string of the molecule is CC12CCC(=O)N1C(C(=O)OCc1cc(Cl)cc3c1OCOC3)CS2. The molecule has 3 heterocycles. The maximum atomic E-state index is 12.6. The van der Waals surface area contributed by atoms with Crippen LogP contribution < -0.4 is 4.74 Å². The fourth-order valence-corrected chi connectivity index (χ4v) is 5.28. The third kappa shape index (κ3) is 2.98. The van der Waals surface area contributed by atoms with Crippen LogP contribution in [0.2, 0.25) is 5.02 Å².